The topological polar surface area (TPSA) is 69.7 Å². The SMILES string of the molecule is CC(=O)NCC(=O)N1CCN2C(=O)c3ccccc3C12c1ccc(Cl)cc1. The van der Waals surface area contributed by atoms with Crippen LogP contribution in [-0.2, 0) is 15.3 Å². The Morgan fingerprint density at radius 1 is 1.11 bits per heavy atom. The Balaban J connectivity index is 1.89. The fraction of sp³-hybridized carbons (Fsp3) is 0.250. The van der Waals surface area contributed by atoms with E-state index in [1.807, 2.05) is 30.3 Å². The Bertz CT molecular complexity index is 944. The first kappa shape index (κ1) is 17.5. The van der Waals surface area contributed by atoms with Gasteiger partial charge in [0.15, 0.2) is 5.66 Å². The molecule has 0 spiro atoms. The third-order valence-electron chi connectivity index (χ3n) is 5.14. The molecule has 0 aromatic heterocycles. The molecule has 6 nitrogen and oxygen atoms in total. The van der Waals surface area contributed by atoms with Crippen molar-refractivity contribution in [2.24, 2.45) is 0 Å². The minimum atomic E-state index is -1.02. The lowest BCUT2D eigenvalue weighted by Crippen LogP contribution is -2.53. The number of benzene rings is 2. The Morgan fingerprint density at radius 2 is 1.81 bits per heavy atom. The minimum Gasteiger partial charge on any atom is -0.347 e. The molecule has 138 valence electrons. The van der Waals surface area contributed by atoms with Gasteiger partial charge >= 0.3 is 0 Å². The quantitative estimate of drug-likeness (QED) is 0.881. The van der Waals surface area contributed by atoms with E-state index in [9.17, 15) is 14.4 Å². The largest absolute Gasteiger partial charge is 0.347 e. The second-order valence-electron chi connectivity index (χ2n) is 6.64. The van der Waals surface area contributed by atoms with Gasteiger partial charge in [0.25, 0.3) is 5.91 Å². The van der Waals surface area contributed by atoms with Crippen LogP contribution in [0, 0.1) is 0 Å². The molecule has 2 aromatic carbocycles. The number of hydrogen-bond donors (Lipinski definition) is 1. The highest BCUT2D eigenvalue weighted by Gasteiger charge is 2.59. The molecule has 1 N–H and O–H groups in total. The van der Waals surface area contributed by atoms with Gasteiger partial charge in [0.2, 0.25) is 11.8 Å². The Hall–Kier alpha value is -2.86. The van der Waals surface area contributed by atoms with Crippen LogP contribution < -0.4 is 5.32 Å². The lowest BCUT2D eigenvalue weighted by Gasteiger charge is -2.40. The number of nitrogens with one attached hydrogen (secondary N) is 1. The van der Waals surface area contributed by atoms with Gasteiger partial charge in [-0.05, 0) is 18.2 Å². The van der Waals surface area contributed by atoms with Gasteiger partial charge in [-0.3, -0.25) is 14.4 Å². The summed E-state index contributed by atoms with van der Waals surface area (Å²) in [6.45, 7) is 2.06. The third-order valence-corrected chi connectivity index (χ3v) is 5.40. The minimum absolute atomic E-state index is 0.102. The second kappa shape index (κ2) is 6.39. The summed E-state index contributed by atoms with van der Waals surface area (Å²) in [5.41, 5.74) is 1.13. The van der Waals surface area contributed by atoms with Gasteiger partial charge in [0.1, 0.15) is 0 Å². The maximum atomic E-state index is 13.1. The van der Waals surface area contributed by atoms with E-state index in [1.165, 1.54) is 6.92 Å². The van der Waals surface area contributed by atoms with Crippen molar-refractivity contribution in [3.05, 3.63) is 70.2 Å². The highest BCUT2D eigenvalue weighted by atomic mass is 35.5. The van der Waals surface area contributed by atoms with E-state index in [2.05, 4.69) is 5.32 Å². The van der Waals surface area contributed by atoms with Crippen molar-refractivity contribution in [1.29, 1.82) is 0 Å². The molecule has 1 unspecified atom stereocenters. The molecule has 4 rings (SSSR count). The van der Waals surface area contributed by atoms with Crippen LogP contribution in [0.1, 0.15) is 28.4 Å². The van der Waals surface area contributed by atoms with E-state index in [0.29, 0.717) is 23.7 Å². The molecule has 2 heterocycles. The van der Waals surface area contributed by atoms with E-state index >= 15 is 0 Å². The summed E-state index contributed by atoms with van der Waals surface area (Å²) in [4.78, 5) is 40.7. The van der Waals surface area contributed by atoms with Crippen LogP contribution in [0.4, 0.5) is 0 Å². The fourth-order valence-corrected chi connectivity index (χ4v) is 4.20. The zero-order chi connectivity index (χ0) is 19.2. The summed E-state index contributed by atoms with van der Waals surface area (Å²) in [6.07, 6.45) is 0. The highest BCUT2D eigenvalue weighted by Crippen LogP contribution is 2.49. The average molecular weight is 384 g/mol. The maximum absolute atomic E-state index is 13.1. The Kier molecular flexibility index (Phi) is 4.15. The van der Waals surface area contributed by atoms with Crippen molar-refractivity contribution in [3.63, 3.8) is 0 Å². The molecule has 2 aliphatic heterocycles. The third kappa shape index (κ3) is 2.51. The van der Waals surface area contributed by atoms with Crippen LogP contribution in [0.25, 0.3) is 0 Å². The number of carbonyl (C=O) groups is 3. The standard InChI is InChI=1S/C20H18ClN3O3/c1-13(25)22-12-18(26)23-10-11-24-19(27)16-4-2-3-5-17(16)20(23,24)14-6-8-15(21)9-7-14/h2-9H,10-12H2,1H3,(H,22,25). The van der Waals surface area contributed by atoms with E-state index in [1.54, 1.807) is 28.0 Å². The highest BCUT2D eigenvalue weighted by molar-refractivity contribution is 6.30. The molecule has 1 fully saturated rings. The summed E-state index contributed by atoms with van der Waals surface area (Å²) in [5, 5.41) is 3.14. The van der Waals surface area contributed by atoms with Gasteiger partial charge in [0.05, 0.1) is 6.54 Å². The molecule has 2 aliphatic rings. The summed E-state index contributed by atoms with van der Waals surface area (Å²) in [6, 6.07) is 14.5. The summed E-state index contributed by atoms with van der Waals surface area (Å²) < 4.78 is 0. The number of carbonyl (C=O) groups excluding carboxylic acids is 3. The summed E-state index contributed by atoms with van der Waals surface area (Å²) in [7, 11) is 0. The van der Waals surface area contributed by atoms with Crippen LogP contribution in [0.15, 0.2) is 48.5 Å². The Morgan fingerprint density at radius 3 is 2.52 bits per heavy atom. The van der Waals surface area contributed by atoms with Gasteiger partial charge < -0.3 is 15.1 Å². The van der Waals surface area contributed by atoms with E-state index in [0.717, 1.165) is 11.1 Å². The van der Waals surface area contributed by atoms with Crippen LogP contribution in [0.3, 0.4) is 0 Å². The van der Waals surface area contributed by atoms with Crippen LogP contribution >= 0.6 is 11.6 Å². The van der Waals surface area contributed by atoms with E-state index in [4.69, 9.17) is 11.6 Å². The number of halogens is 1. The number of rotatable bonds is 3. The van der Waals surface area contributed by atoms with Crippen molar-refractivity contribution in [2.45, 2.75) is 12.6 Å². The first-order chi connectivity index (χ1) is 13.0. The maximum Gasteiger partial charge on any atom is 0.256 e. The normalized spacial score (nSPS) is 20.4. The van der Waals surface area contributed by atoms with E-state index < -0.39 is 5.66 Å². The number of fused-ring (bicyclic) bond motifs is 3. The molecule has 2 aromatic rings. The van der Waals surface area contributed by atoms with Gasteiger partial charge in [-0.2, -0.15) is 0 Å². The van der Waals surface area contributed by atoms with Crippen LogP contribution in [-0.4, -0.2) is 47.2 Å². The second-order valence-corrected chi connectivity index (χ2v) is 7.07. The molecule has 1 atom stereocenters. The summed E-state index contributed by atoms with van der Waals surface area (Å²) in [5.74, 6) is -0.620. The number of hydrogen-bond acceptors (Lipinski definition) is 3. The van der Waals surface area contributed by atoms with Gasteiger partial charge in [-0.25, -0.2) is 0 Å². The lowest BCUT2D eigenvalue weighted by atomic mass is 9.90. The molecule has 0 bridgehead atoms. The molecule has 3 amide bonds. The number of nitrogens with zero attached hydrogens (tertiary/aromatic N) is 2. The smallest absolute Gasteiger partial charge is 0.256 e. The fourth-order valence-electron chi connectivity index (χ4n) is 4.08. The molecular formula is C20H18ClN3O3. The van der Waals surface area contributed by atoms with Gasteiger partial charge in [0, 0.05) is 41.7 Å². The van der Waals surface area contributed by atoms with E-state index in [-0.39, 0.29) is 24.3 Å². The summed E-state index contributed by atoms with van der Waals surface area (Å²) >= 11 is 6.06. The Labute approximate surface area is 161 Å². The molecule has 0 radical (unpaired) electrons. The average Bonchev–Trinajstić information content (AvgIpc) is 3.17. The first-order valence-electron chi connectivity index (χ1n) is 8.68. The first-order valence-corrected chi connectivity index (χ1v) is 9.06. The van der Waals surface area contributed by atoms with Crippen molar-refractivity contribution in [3.8, 4) is 0 Å². The van der Waals surface area contributed by atoms with Gasteiger partial charge in [-0.15, -0.1) is 0 Å². The number of amides is 3. The molecule has 1 saturated heterocycles. The van der Waals surface area contributed by atoms with Crippen LogP contribution in [0.2, 0.25) is 5.02 Å². The van der Waals surface area contributed by atoms with Crippen LogP contribution in [0.5, 0.6) is 0 Å². The van der Waals surface area contributed by atoms with Gasteiger partial charge in [-0.1, -0.05) is 41.9 Å². The molecule has 7 heteroatoms. The predicted octanol–water partition coefficient (Wildman–Crippen LogP) is 1.98. The van der Waals surface area contributed by atoms with Crippen molar-refractivity contribution in [1.82, 2.24) is 15.1 Å². The van der Waals surface area contributed by atoms with Crippen molar-refractivity contribution >= 4 is 29.3 Å². The van der Waals surface area contributed by atoms with Crippen molar-refractivity contribution < 1.29 is 14.4 Å². The monoisotopic (exact) mass is 383 g/mol. The predicted molar refractivity (Wildman–Crippen MR) is 100 cm³/mol. The lowest BCUT2D eigenvalue weighted by molar-refractivity contribution is -0.137. The van der Waals surface area contributed by atoms with Crippen molar-refractivity contribution in [2.75, 3.05) is 19.6 Å². The zero-order valence-corrected chi connectivity index (χ0v) is 15.5. The molecule has 0 saturated carbocycles. The molecule has 0 aliphatic carbocycles. The molecule has 27 heavy (non-hydrogen) atoms. The molecular weight excluding hydrogens is 366 g/mol. The zero-order valence-electron chi connectivity index (χ0n) is 14.7.